The largest absolute Gasteiger partial charge is 0.772 e. The van der Waals surface area contributed by atoms with Gasteiger partial charge in [-0.2, -0.15) is 0 Å². The maximum Gasteiger partial charge on any atom is 0.252 e. The highest BCUT2D eigenvalue weighted by molar-refractivity contribution is 9.10. The van der Waals surface area contributed by atoms with Gasteiger partial charge in [0.05, 0.1) is 10.6 Å². The van der Waals surface area contributed by atoms with Crippen LogP contribution >= 0.6 is 39.9 Å². The molecule has 1 aromatic heterocycles. The van der Waals surface area contributed by atoms with Crippen LogP contribution in [0.3, 0.4) is 0 Å². The molecule has 24 heavy (non-hydrogen) atoms. The molecule has 1 unspecified atom stereocenters. The first-order chi connectivity index (χ1) is 10.8. The maximum atomic E-state index is 11.4. The first-order valence-corrected chi connectivity index (χ1v) is 8.77. The van der Waals surface area contributed by atoms with Crippen LogP contribution in [0.25, 0.3) is 0 Å². The fourth-order valence-electron chi connectivity index (χ4n) is 2.12. The summed E-state index contributed by atoms with van der Waals surface area (Å²) in [7, 11) is 0. The number of carbonyl (C=O) groups is 1. The molecule has 10 heteroatoms. The third-order valence-corrected chi connectivity index (χ3v) is 4.40. The van der Waals surface area contributed by atoms with E-state index in [0.717, 1.165) is 4.47 Å². The second-order valence-electron chi connectivity index (χ2n) is 4.77. The van der Waals surface area contributed by atoms with E-state index < -0.39 is 17.0 Å². The molecule has 0 aliphatic carbocycles. The molecule has 0 aliphatic rings. The Bertz CT molecular complexity index is 858. The van der Waals surface area contributed by atoms with Crippen LogP contribution in [-0.2, 0) is 23.4 Å². The molecule has 1 amide bonds. The summed E-state index contributed by atoms with van der Waals surface area (Å²) in [4.78, 5) is 11.4. The number of halogens is 3. The average Bonchev–Trinajstić information content (AvgIpc) is 2.44. The summed E-state index contributed by atoms with van der Waals surface area (Å²) >= 11 is 7.07. The van der Waals surface area contributed by atoms with Crippen molar-refractivity contribution in [2.75, 3.05) is 0 Å². The molecule has 1 atom stereocenters. The SMILES string of the molecule is Cl.N=c1c(C(N)=O)cc(Cl)cn1Cc1cc(Br)ccc1CS(=O)[O-]. The lowest BCUT2D eigenvalue weighted by molar-refractivity contribution is 0.0997. The van der Waals surface area contributed by atoms with Crippen LogP contribution in [0.2, 0.25) is 5.02 Å². The lowest BCUT2D eigenvalue weighted by Crippen LogP contribution is -2.30. The highest BCUT2D eigenvalue weighted by Gasteiger charge is 2.11. The van der Waals surface area contributed by atoms with Gasteiger partial charge in [0.1, 0.15) is 5.49 Å². The van der Waals surface area contributed by atoms with Crippen LogP contribution in [-0.4, -0.2) is 19.2 Å². The van der Waals surface area contributed by atoms with Gasteiger partial charge in [-0.1, -0.05) is 44.7 Å². The third-order valence-electron chi connectivity index (χ3n) is 3.15. The van der Waals surface area contributed by atoms with E-state index in [2.05, 4.69) is 15.9 Å². The standard InChI is InChI=1S/C14H13BrClN3O3S.ClH/c15-10-2-1-8(7-23(21)22)9(3-10)5-19-6-11(16)4-12(13(19)17)14(18)20;/h1-4,6,17H,5,7H2,(H2,18,20)(H,21,22);1H/p-1. The third kappa shape index (κ3) is 5.15. The Hall–Kier alpha value is -1.19. The van der Waals surface area contributed by atoms with Crippen LogP contribution in [0.4, 0.5) is 0 Å². The van der Waals surface area contributed by atoms with E-state index in [-0.39, 0.29) is 40.8 Å². The molecular weight excluding hydrogens is 441 g/mol. The van der Waals surface area contributed by atoms with Gasteiger partial charge in [0.2, 0.25) is 0 Å². The number of primary amides is 1. The van der Waals surface area contributed by atoms with Crippen molar-refractivity contribution < 1.29 is 13.6 Å². The van der Waals surface area contributed by atoms with Crippen molar-refractivity contribution in [1.29, 1.82) is 5.41 Å². The highest BCUT2D eigenvalue weighted by Crippen LogP contribution is 2.19. The molecule has 2 aromatic rings. The normalized spacial score (nSPS) is 11.6. The predicted octanol–water partition coefficient (Wildman–Crippen LogP) is 2.33. The molecule has 3 N–H and O–H groups in total. The van der Waals surface area contributed by atoms with Crippen molar-refractivity contribution in [3.05, 3.63) is 62.1 Å². The number of hydrogen-bond acceptors (Lipinski definition) is 4. The number of aromatic nitrogens is 1. The average molecular weight is 454 g/mol. The summed E-state index contributed by atoms with van der Waals surface area (Å²) in [5.74, 6) is -0.888. The second kappa shape index (κ2) is 8.77. The quantitative estimate of drug-likeness (QED) is 0.677. The smallest absolute Gasteiger partial charge is 0.252 e. The van der Waals surface area contributed by atoms with Gasteiger partial charge < -0.3 is 14.9 Å². The van der Waals surface area contributed by atoms with Crippen LogP contribution in [0.1, 0.15) is 21.5 Å². The van der Waals surface area contributed by atoms with Gasteiger partial charge in [0, 0.05) is 23.0 Å². The topological polar surface area (TPSA) is 112 Å². The molecule has 130 valence electrons. The van der Waals surface area contributed by atoms with Crippen LogP contribution in [0.15, 0.2) is 34.9 Å². The van der Waals surface area contributed by atoms with E-state index in [1.807, 2.05) is 0 Å². The summed E-state index contributed by atoms with van der Waals surface area (Å²) in [5.41, 5.74) is 6.46. The van der Waals surface area contributed by atoms with E-state index in [9.17, 15) is 13.6 Å². The molecule has 1 aromatic carbocycles. The summed E-state index contributed by atoms with van der Waals surface area (Å²) in [5, 5.41) is 8.32. The Balaban J connectivity index is 0.00000288. The first kappa shape index (κ1) is 20.9. The number of benzene rings is 1. The number of nitrogens with one attached hydrogen (secondary N) is 1. The summed E-state index contributed by atoms with van der Waals surface area (Å²) in [6.07, 6.45) is 1.50. The summed E-state index contributed by atoms with van der Waals surface area (Å²) in [6.45, 7) is 0.186. The zero-order valence-corrected chi connectivity index (χ0v) is 16.1. The van der Waals surface area contributed by atoms with Gasteiger partial charge >= 0.3 is 0 Å². The Morgan fingerprint density at radius 1 is 1.38 bits per heavy atom. The number of pyridine rings is 1. The van der Waals surface area contributed by atoms with Gasteiger partial charge in [-0.25, -0.2) is 0 Å². The van der Waals surface area contributed by atoms with Gasteiger partial charge in [-0.3, -0.25) is 14.4 Å². The molecule has 0 fully saturated rings. The van der Waals surface area contributed by atoms with Crippen molar-refractivity contribution in [3.63, 3.8) is 0 Å². The van der Waals surface area contributed by atoms with Crippen LogP contribution in [0, 0.1) is 5.41 Å². The highest BCUT2D eigenvalue weighted by atomic mass is 79.9. The number of rotatable bonds is 5. The minimum Gasteiger partial charge on any atom is -0.772 e. The number of hydrogen-bond donors (Lipinski definition) is 2. The van der Waals surface area contributed by atoms with E-state index in [0.29, 0.717) is 11.1 Å². The van der Waals surface area contributed by atoms with Crippen LogP contribution in [0.5, 0.6) is 0 Å². The van der Waals surface area contributed by atoms with Crippen molar-refractivity contribution >= 4 is 56.9 Å². The predicted molar refractivity (Wildman–Crippen MR) is 96.9 cm³/mol. The molecule has 0 radical (unpaired) electrons. The fraction of sp³-hybridized carbons (Fsp3) is 0.143. The molecule has 0 saturated carbocycles. The van der Waals surface area contributed by atoms with Gasteiger partial charge in [-0.15, -0.1) is 12.4 Å². The Morgan fingerprint density at radius 2 is 2.04 bits per heavy atom. The molecule has 0 spiro atoms. The van der Waals surface area contributed by atoms with Crippen molar-refractivity contribution in [3.8, 4) is 0 Å². The molecule has 1 heterocycles. The zero-order chi connectivity index (χ0) is 17.1. The molecule has 6 nitrogen and oxygen atoms in total. The number of nitrogens with two attached hydrogens (primary N) is 1. The Morgan fingerprint density at radius 3 is 2.62 bits per heavy atom. The second-order valence-corrected chi connectivity index (χ2v) is 7.02. The van der Waals surface area contributed by atoms with E-state index in [4.69, 9.17) is 22.7 Å². The molecule has 0 saturated heterocycles. The minimum absolute atomic E-state index is 0. The first-order valence-electron chi connectivity index (χ1n) is 6.35. The molecule has 0 aliphatic heterocycles. The lowest BCUT2D eigenvalue weighted by Gasteiger charge is -2.15. The Kier molecular flexibility index (Phi) is 7.62. The number of nitrogens with zero attached hydrogens (tertiary/aromatic N) is 1. The van der Waals surface area contributed by atoms with Crippen LogP contribution < -0.4 is 11.2 Å². The van der Waals surface area contributed by atoms with E-state index in [1.54, 1.807) is 18.2 Å². The van der Waals surface area contributed by atoms with Crippen molar-refractivity contribution in [2.45, 2.75) is 12.3 Å². The molecular formula is C14H13BrCl2N3O3S-. The lowest BCUT2D eigenvalue weighted by atomic mass is 10.1. The van der Waals surface area contributed by atoms with E-state index in [1.165, 1.54) is 16.8 Å². The van der Waals surface area contributed by atoms with Crippen molar-refractivity contribution in [2.24, 2.45) is 5.73 Å². The fourth-order valence-corrected chi connectivity index (χ4v) is 3.29. The number of carbonyl (C=O) groups excluding carboxylic acids is 1. The van der Waals surface area contributed by atoms with E-state index >= 15 is 0 Å². The monoisotopic (exact) mass is 452 g/mol. The summed E-state index contributed by atoms with van der Waals surface area (Å²) < 4.78 is 24.2. The van der Waals surface area contributed by atoms with Crippen molar-refractivity contribution in [1.82, 2.24) is 4.57 Å². The minimum atomic E-state index is -2.23. The number of amides is 1. The van der Waals surface area contributed by atoms with Gasteiger partial charge in [-0.05, 0) is 29.3 Å². The Labute approximate surface area is 160 Å². The zero-order valence-electron chi connectivity index (χ0n) is 12.1. The summed E-state index contributed by atoms with van der Waals surface area (Å²) in [6, 6.07) is 6.53. The van der Waals surface area contributed by atoms with Gasteiger partial charge in [0.25, 0.3) is 5.91 Å². The molecule has 2 rings (SSSR count). The van der Waals surface area contributed by atoms with Gasteiger partial charge in [0.15, 0.2) is 0 Å². The maximum absolute atomic E-state index is 11.4. The molecule has 0 bridgehead atoms.